The standard InChI is InChI=1S/C30H40ClN5O3/c1-18(2)16-32-29(38)22-14-20(4)33-26(15-22)34-30-28(39-30)25-7-8-27(37)36(25)23-9-11-35(12-10-23)17-21-5-6-24(31)19(3)13-21/h5-6,13-15,18,23,25,28,30H,7-12,16-17H2,1-4H3,(H,32,38)(H,33,34)/t25-,28?,30?/m1/s1. The Morgan fingerprint density at radius 2 is 1.92 bits per heavy atom. The summed E-state index contributed by atoms with van der Waals surface area (Å²) in [5, 5.41) is 7.12. The first-order chi connectivity index (χ1) is 18.7. The van der Waals surface area contributed by atoms with Crippen molar-refractivity contribution in [3.8, 4) is 0 Å². The SMILES string of the molecule is Cc1cc(C(=O)NCC(C)C)cc(NC2OC2[C@H]2CCC(=O)N2C2CCN(Cc3ccc(Cl)c(C)c3)CC2)n1. The van der Waals surface area contributed by atoms with Crippen LogP contribution in [0.3, 0.4) is 0 Å². The number of carbonyl (C=O) groups is 2. The number of rotatable bonds is 9. The molecule has 0 radical (unpaired) electrons. The summed E-state index contributed by atoms with van der Waals surface area (Å²) in [5.74, 6) is 1.14. The third kappa shape index (κ3) is 6.73. The Balaban J connectivity index is 1.16. The lowest BCUT2D eigenvalue weighted by Gasteiger charge is -2.39. The molecule has 0 aliphatic carbocycles. The van der Waals surface area contributed by atoms with Crippen molar-refractivity contribution in [3.05, 3.63) is 57.7 Å². The number of hydrogen-bond acceptors (Lipinski definition) is 6. The normalized spacial score (nSPS) is 23.9. The van der Waals surface area contributed by atoms with E-state index in [9.17, 15) is 9.59 Å². The second-order valence-corrected chi connectivity index (χ2v) is 12.1. The number of nitrogens with zero attached hydrogens (tertiary/aromatic N) is 3. The Morgan fingerprint density at radius 1 is 1.15 bits per heavy atom. The maximum Gasteiger partial charge on any atom is 0.251 e. The topological polar surface area (TPSA) is 90.1 Å². The number of piperidine rings is 1. The summed E-state index contributed by atoms with van der Waals surface area (Å²) < 4.78 is 6.05. The first-order valence-electron chi connectivity index (χ1n) is 14.2. The van der Waals surface area contributed by atoms with Crippen LogP contribution in [0.15, 0.2) is 30.3 Å². The van der Waals surface area contributed by atoms with E-state index in [-0.39, 0.29) is 36.2 Å². The molecule has 3 saturated heterocycles. The zero-order chi connectivity index (χ0) is 27.7. The van der Waals surface area contributed by atoms with Crippen LogP contribution in [0.4, 0.5) is 5.82 Å². The fraction of sp³-hybridized carbons (Fsp3) is 0.567. The molecule has 2 N–H and O–H groups in total. The maximum atomic E-state index is 13.0. The molecule has 1 aromatic carbocycles. The molecule has 3 fully saturated rings. The summed E-state index contributed by atoms with van der Waals surface area (Å²) >= 11 is 6.19. The van der Waals surface area contributed by atoms with Crippen LogP contribution in [0.2, 0.25) is 5.02 Å². The summed E-state index contributed by atoms with van der Waals surface area (Å²) in [6.07, 6.45) is 3.05. The molecule has 2 amide bonds. The molecule has 1 aromatic heterocycles. The van der Waals surface area contributed by atoms with Crippen LogP contribution < -0.4 is 10.6 Å². The highest BCUT2D eigenvalue weighted by atomic mass is 35.5. The Hall–Kier alpha value is -2.68. The number of aryl methyl sites for hydroxylation is 2. The van der Waals surface area contributed by atoms with Gasteiger partial charge in [-0.25, -0.2) is 4.98 Å². The van der Waals surface area contributed by atoms with Gasteiger partial charge in [0.15, 0.2) is 6.23 Å². The number of aromatic nitrogens is 1. The fourth-order valence-electron chi connectivity index (χ4n) is 5.89. The quantitative estimate of drug-likeness (QED) is 0.443. The monoisotopic (exact) mass is 553 g/mol. The maximum absolute atomic E-state index is 13.0. The molecule has 3 atom stereocenters. The Morgan fingerprint density at radius 3 is 2.64 bits per heavy atom. The van der Waals surface area contributed by atoms with E-state index in [0.717, 1.165) is 55.2 Å². The van der Waals surface area contributed by atoms with Crippen molar-refractivity contribution in [2.75, 3.05) is 25.0 Å². The number of benzene rings is 1. The highest BCUT2D eigenvalue weighted by Gasteiger charge is 2.52. The van der Waals surface area contributed by atoms with Crippen molar-refractivity contribution < 1.29 is 14.3 Å². The molecule has 0 spiro atoms. The van der Waals surface area contributed by atoms with Gasteiger partial charge in [-0.15, -0.1) is 0 Å². The van der Waals surface area contributed by atoms with Crippen LogP contribution in [-0.2, 0) is 16.1 Å². The van der Waals surface area contributed by atoms with E-state index in [0.29, 0.717) is 30.3 Å². The molecule has 0 bridgehead atoms. The Kier molecular flexibility index (Phi) is 8.45. The van der Waals surface area contributed by atoms with E-state index in [1.807, 2.05) is 19.9 Å². The molecule has 3 aliphatic rings. The second-order valence-electron chi connectivity index (χ2n) is 11.6. The van der Waals surface area contributed by atoms with Gasteiger partial charge < -0.3 is 20.3 Å². The molecule has 2 aromatic rings. The average Bonchev–Trinajstić information content (AvgIpc) is 3.55. The first kappa shape index (κ1) is 27.9. The third-order valence-corrected chi connectivity index (χ3v) is 8.38. The van der Waals surface area contributed by atoms with E-state index in [2.05, 4.69) is 51.4 Å². The lowest BCUT2D eigenvalue weighted by Crippen LogP contribution is -2.50. The van der Waals surface area contributed by atoms with E-state index >= 15 is 0 Å². The molecule has 9 heteroatoms. The van der Waals surface area contributed by atoms with Crippen LogP contribution in [0.1, 0.15) is 66.7 Å². The van der Waals surface area contributed by atoms with E-state index in [1.165, 1.54) is 5.56 Å². The highest BCUT2D eigenvalue weighted by molar-refractivity contribution is 6.31. The van der Waals surface area contributed by atoms with Gasteiger partial charge in [0.2, 0.25) is 5.91 Å². The molecule has 3 aliphatic heterocycles. The lowest BCUT2D eigenvalue weighted by molar-refractivity contribution is -0.132. The van der Waals surface area contributed by atoms with Crippen LogP contribution in [0, 0.1) is 19.8 Å². The van der Waals surface area contributed by atoms with E-state index < -0.39 is 0 Å². The number of hydrogen-bond donors (Lipinski definition) is 2. The molecule has 4 heterocycles. The van der Waals surface area contributed by atoms with Gasteiger partial charge in [0.05, 0.1) is 6.04 Å². The molecular weight excluding hydrogens is 514 g/mol. The zero-order valence-electron chi connectivity index (χ0n) is 23.4. The van der Waals surface area contributed by atoms with Crippen molar-refractivity contribution >= 4 is 29.2 Å². The van der Waals surface area contributed by atoms with E-state index in [4.69, 9.17) is 16.3 Å². The summed E-state index contributed by atoms with van der Waals surface area (Å²) in [6, 6.07) is 10.1. The van der Waals surface area contributed by atoms with Gasteiger partial charge >= 0.3 is 0 Å². The van der Waals surface area contributed by atoms with Gasteiger partial charge in [-0.05, 0) is 68.4 Å². The number of epoxide rings is 1. The first-order valence-corrected chi connectivity index (χ1v) is 14.5. The second kappa shape index (κ2) is 11.8. The highest BCUT2D eigenvalue weighted by Crippen LogP contribution is 2.38. The van der Waals surface area contributed by atoms with Crippen LogP contribution in [-0.4, -0.2) is 70.6 Å². The van der Waals surface area contributed by atoms with Crippen molar-refractivity contribution in [2.24, 2.45) is 5.92 Å². The van der Waals surface area contributed by atoms with Crippen LogP contribution >= 0.6 is 11.6 Å². The predicted octanol–water partition coefficient (Wildman–Crippen LogP) is 4.53. The smallest absolute Gasteiger partial charge is 0.251 e. The van der Waals surface area contributed by atoms with Crippen molar-refractivity contribution in [2.45, 2.75) is 84.3 Å². The molecular formula is C30H40ClN5O3. The molecule has 8 nitrogen and oxygen atoms in total. The number of ether oxygens (including phenoxy) is 1. The van der Waals surface area contributed by atoms with Gasteiger partial charge in [-0.1, -0.05) is 37.6 Å². The van der Waals surface area contributed by atoms with Crippen molar-refractivity contribution in [1.29, 1.82) is 0 Å². The third-order valence-electron chi connectivity index (χ3n) is 7.96. The van der Waals surface area contributed by atoms with Gasteiger partial charge in [-0.3, -0.25) is 14.5 Å². The minimum absolute atomic E-state index is 0.0629. The Labute approximate surface area is 236 Å². The van der Waals surface area contributed by atoms with Gasteiger partial charge in [-0.2, -0.15) is 0 Å². The zero-order valence-corrected chi connectivity index (χ0v) is 24.1. The minimum atomic E-state index is -0.211. The molecule has 2 unspecified atom stereocenters. The predicted molar refractivity (Wildman–Crippen MR) is 153 cm³/mol. The minimum Gasteiger partial charge on any atom is -0.352 e. The number of nitrogens with one attached hydrogen (secondary N) is 2. The number of amides is 2. The number of anilines is 1. The summed E-state index contributed by atoms with van der Waals surface area (Å²) in [4.78, 5) is 34.7. The number of halogens is 1. The van der Waals surface area contributed by atoms with Crippen LogP contribution in [0.25, 0.3) is 0 Å². The number of pyridine rings is 1. The summed E-state index contributed by atoms with van der Waals surface area (Å²) in [6.45, 7) is 11.5. The lowest BCUT2D eigenvalue weighted by atomic mass is 10.00. The van der Waals surface area contributed by atoms with Crippen molar-refractivity contribution in [1.82, 2.24) is 20.1 Å². The average molecular weight is 554 g/mol. The van der Waals surface area contributed by atoms with Crippen molar-refractivity contribution in [3.63, 3.8) is 0 Å². The molecule has 0 saturated carbocycles. The Bertz CT molecular complexity index is 1210. The molecule has 39 heavy (non-hydrogen) atoms. The summed E-state index contributed by atoms with van der Waals surface area (Å²) in [7, 11) is 0. The van der Waals surface area contributed by atoms with Gasteiger partial charge in [0.1, 0.15) is 11.9 Å². The molecule has 5 rings (SSSR count). The molecule has 210 valence electrons. The fourth-order valence-corrected chi connectivity index (χ4v) is 6.01. The number of carbonyl (C=O) groups excluding carboxylic acids is 2. The van der Waals surface area contributed by atoms with Gasteiger partial charge in [0.25, 0.3) is 5.91 Å². The van der Waals surface area contributed by atoms with Gasteiger partial charge in [0, 0.05) is 54.9 Å². The largest absolute Gasteiger partial charge is 0.352 e. The number of likely N-dealkylation sites (tertiary alicyclic amines) is 2. The van der Waals surface area contributed by atoms with E-state index in [1.54, 1.807) is 12.1 Å². The summed E-state index contributed by atoms with van der Waals surface area (Å²) in [5.41, 5.74) is 3.73. The van der Waals surface area contributed by atoms with Crippen LogP contribution in [0.5, 0.6) is 0 Å².